The van der Waals surface area contributed by atoms with E-state index in [1.54, 1.807) is 4.68 Å². The summed E-state index contributed by atoms with van der Waals surface area (Å²) in [6, 6.07) is 0. The molecule has 1 aromatic heterocycles. The van der Waals surface area contributed by atoms with E-state index in [-0.39, 0.29) is 0 Å². The minimum absolute atomic E-state index is 0.890. The second-order valence-electron chi connectivity index (χ2n) is 1.66. The van der Waals surface area contributed by atoms with Crippen LogP contribution in [0.1, 0.15) is 5.56 Å². The summed E-state index contributed by atoms with van der Waals surface area (Å²) >= 11 is 3.32. The number of hydrogen-bond acceptors (Lipinski definition) is 1. The molecule has 0 saturated carbocycles. The van der Waals surface area contributed by atoms with Gasteiger partial charge in [-0.1, -0.05) is 15.9 Å². The SMILES string of the molecule is Cn1cc(CBr)cn1. The second kappa shape index (κ2) is 2.31. The first-order valence-corrected chi connectivity index (χ1v) is 3.48. The molecule has 0 aliphatic carbocycles. The Balaban J connectivity index is 2.84. The zero-order chi connectivity index (χ0) is 5.98. The standard InChI is InChI=1S/C5H7BrN2/c1-8-4-5(2-6)3-7-8/h3-4H,2H2,1H3. The van der Waals surface area contributed by atoms with Crippen molar-refractivity contribution in [1.82, 2.24) is 9.78 Å². The van der Waals surface area contributed by atoms with Crippen LogP contribution in [-0.2, 0) is 12.4 Å². The van der Waals surface area contributed by atoms with Gasteiger partial charge in [-0.2, -0.15) is 5.10 Å². The zero-order valence-electron chi connectivity index (χ0n) is 4.63. The van der Waals surface area contributed by atoms with E-state index in [1.807, 2.05) is 19.4 Å². The van der Waals surface area contributed by atoms with Gasteiger partial charge in [0.25, 0.3) is 0 Å². The van der Waals surface area contributed by atoms with Crippen molar-refractivity contribution in [2.45, 2.75) is 5.33 Å². The number of hydrogen-bond donors (Lipinski definition) is 0. The van der Waals surface area contributed by atoms with Crippen LogP contribution in [-0.4, -0.2) is 9.78 Å². The molecule has 0 aliphatic rings. The Bertz CT molecular complexity index is 171. The van der Waals surface area contributed by atoms with Gasteiger partial charge in [0.2, 0.25) is 0 Å². The summed E-state index contributed by atoms with van der Waals surface area (Å²) in [5.74, 6) is 0. The van der Waals surface area contributed by atoms with Crippen molar-refractivity contribution in [2.24, 2.45) is 7.05 Å². The summed E-state index contributed by atoms with van der Waals surface area (Å²) in [4.78, 5) is 0. The molecule has 0 fully saturated rings. The number of aromatic nitrogens is 2. The molecule has 0 aromatic carbocycles. The highest BCUT2D eigenvalue weighted by molar-refractivity contribution is 9.08. The van der Waals surface area contributed by atoms with Gasteiger partial charge in [-0.15, -0.1) is 0 Å². The van der Waals surface area contributed by atoms with E-state index < -0.39 is 0 Å². The molecule has 0 aliphatic heterocycles. The maximum absolute atomic E-state index is 3.97. The molecule has 0 bridgehead atoms. The minimum atomic E-state index is 0.890. The number of halogens is 1. The van der Waals surface area contributed by atoms with Crippen molar-refractivity contribution in [3.05, 3.63) is 18.0 Å². The Morgan fingerprint density at radius 3 is 2.88 bits per heavy atom. The maximum Gasteiger partial charge on any atom is 0.0530 e. The maximum atomic E-state index is 3.97. The molecular formula is C5H7BrN2. The van der Waals surface area contributed by atoms with Crippen molar-refractivity contribution >= 4 is 15.9 Å². The number of aryl methyl sites for hydroxylation is 1. The van der Waals surface area contributed by atoms with Crippen LogP contribution in [0.15, 0.2) is 12.4 Å². The average Bonchev–Trinajstić information content (AvgIpc) is 2.14. The van der Waals surface area contributed by atoms with Gasteiger partial charge < -0.3 is 0 Å². The van der Waals surface area contributed by atoms with Crippen LogP contribution in [0.3, 0.4) is 0 Å². The van der Waals surface area contributed by atoms with Crippen LogP contribution >= 0.6 is 15.9 Å². The Hall–Kier alpha value is -0.310. The first kappa shape index (κ1) is 5.82. The lowest BCUT2D eigenvalue weighted by molar-refractivity contribution is 0.767. The van der Waals surface area contributed by atoms with Crippen LogP contribution < -0.4 is 0 Å². The Morgan fingerprint density at radius 1 is 1.88 bits per heavy atom. The van der Waals surface area contributed by atoms with Crippen LogP contribution in [0.4, 0.5) is 0 Å². The monoisotopic (exact) mass is 174 g/mol. The smallest absolute Gasteiger partial charge is 0.0530 e. The first-order chi connectivity index (χ1) is 3.83. The molecule has 8 heavy (non-hydrogen) atoms. The molecule has 0 spiro atoms. The van der Waals surface area contributed by atoms with Gasteiger partial charge >= 0.3 is 0 Å². The summed E-state index contributed by atoms with van der Waals surface area (Å²) in [5, 5.41) is 4.86. The van der Waals surface area contributed by atoms with Crippen molar-refractivity contribution in [1.29, 1.82) is 0 Å². The van der Waals surface area contributed by atoms with Crippen molar-refractivity contribution in [2.75, 3.05) is 0 Å². The third kappa shape index (κ3) is 1.10. The quantitative estimate of drug-likeness (QED) is 0.588. The molecule has 2 nitrogen and oxygen atoms in total. The molecule has 1 aromatic rings. The van der Waals surface area contributed by atoms with E-state index in [2.05, 4.69) is 21.0 Å². The molecular weight excluding hydrogens is 168 g/mol. The van der Waals surface area contributed by atoms with Crippen molar-refractivity contribution in [3.63, 3.8) is 0 Å². The van der Waals surface area contributed by atoms with E-state index in [4.69, 9.17) is 0 Å². The van der Waals surface area contributed by atoms with Gasteiger partial charge in [-0.05, 0) is 0 Å². The summed E-state index contributed by atoms with van der Waals surface area (Å²) in [6.45, 7) is 0. The lowest BCUT2D eigenvalue weighted by Crippen LogP contribution is -1.84. The predicted octanol–water partition coefficient (Wildman–Crippen LogP) is 1.31. The fourth-order valence-corrected chi connectivity index (χ4v) is 0.830. The highest BCUT2D eigenvalue weighted by Crippen LogP contribution is 2.00. The van der Waals surface area contributed by atoms with Crippen LogP contribution in [0.25, 0.3) is 0 Å². The Kier molecular flexibility index (Phi) is 1.68. The topological polar surface area (TPSA) is 17.8 Å². The zero-order valence-corrected chi connectivity index (χ0v) is 6.22. The van der Waals surface area contributed by atoms with E-state index in [0.29, 0.717) is 0 Å². The molecule has 0 saturated heterocycles. The highest BCUT2D eigenvalue weighted by Gasteiger charge is 1.88. The van der Waals surface area contributed by atoms with Crippen molar-refractivity contribution in [3.8, 4) is 0 Å². The number of nitrogens with zero attached hydrogens (tertiary/aromatic N) is 2. The molecule has 0 amide bonds. The van der Waals surface area contributed by atoms with Crippen LogP contribution in [0.2, 0.25) is 0 Å². The summed E-state index contributed by atoms with van der Waals surface area (Å²) in [7, 11) is 1.91. The molecule has 1 heterocycles. The summed E-state index contributed by atoms with van der Waals surface area (Å²) in [6.07, 6.45) is 3.82. The fraction of sp³-hybridized carbons (Fsp3) is 0.400. The largest absolute Gasteiger partial charge is 0.276 e. The molecule has 0 radical (unpaired) electrons. The normalized spacial score (nSPS) is 9.75. The Morgan fingerprint density at radius 2 is 2.62 bits per heavy atom. The van der Waals surface area contributed by atoms with E-state index in [1.165, 1.54) is 5.56 Å². The van der Waals surface area contributed by atoms with Gasteiger partial charge in [0.1, 0.15) is 0 Å². The molecule has 0 atom stereocenters. The van der Waals surface area contributed by atoms with E-state index in [0.717, 1.165) is 5.33 Å². The van der Waals surface area contributed by atoms with Gasteiger partial charge in [-0.3, -0.25) is 4.68 Å². The van der Waals surface area contributed by atoms with E-state index >= 15 is 0 Å². The second-order valence-corrected chi connectivity index (χ2v) is 2.22. The first-order valence-electron chi connectivity index (χ1n) is 2.36. The van der Waals surface area contributed by atoms with Gasteiger partial charge in [0.15, 0.2) is 0 Å². The Labute approximate surface area is 56.6 Å². The highest BCUT2D eigenvalue weighted by atomic mass is 79.9. The number of alkyl halides is 1. The average molecular weight is 175 g/mol. The molecule has 3 heteroatoms. The van der Waals surface area contributed by atoms with E-state index in [9.17, 15) is 0 Å². The van der Waals surface area contributed by atoms with Gasteiger partial charge in [-0.25, -0.2) is 0 Å². The molecule has 0 unspecified atom stereocenters. The van der Waals surface area contributed by atoms with Crippen LogP contribution in [0, 0.1) is 0 Å². The fourth-order valence-electron chi connectivity index (χ4n) is 0.541. The van der Waals surface area contributed by atoms with Crippen LogP contribution in [0.5, 0.6) is 0 Å². The lowest BCUT2D eigenvalue weighted by atomic mass is 10.4. The minimum Gasteiger partial charge on any atom is -0.276 e. The van der Waals surface area contributed by atoms with Crippen molar-refractivity contribution < 1.29 is 0 Å². The molecule has 1 rings (SSSR count). The third-order valence-corrected chi connectivity index (χ3v) is 1.56. The van der Waals surface area contributed by atoms with Gasteiger partial charge in [0.05, 0.1) is 6.20 Å². The summed E-state index contributed by atoms with van der Waals surface area (Å²) < 4.78 is 1.79. The summed E-state index contributed by atoms with van der Waals surface area (Å²) in [5.41, 5.74) is 1.22. The third-order valence-electron chi connectivity index (χ3n) is 0.913. The molecule has 0 N–H and O–H groups in total. The van der Waals surface area contributed by atoms with Gasteiger partial charge in [0, 0.05) is 24.1 Å². The predicted molar refractivity (Wildman–Crippen MR) is 35.8 cm³/mol. The number of rotatable bonds is 1. The molecule has 44 valence electrons. The lowest BCUT2D eigenvalue weighted by Gasteiger charge is -1.80.